The molecule has 2 heterocycles. The van der Waals surface area contributed by atoms with E-state index in [1.165, 1.54) is 12.1 Å². The van der Waals surface area contributed by atoms with Crippen molar-refractivity contribution in [2.24, 2.45) is 0 Å². The van der Waals surface area contributed by atoms with Crippen LogP contribution in [0, 0.1) is 12.7 Å². The molecule has 25 heavy (non-hydrogen) atoms. The van der Waals surface area contributed by atoms with Crippen molar-refractivity contribution in [2.45, 2.75) is 52.8 Å². The highest BCUT2D eigenvalue weighted by atomic mass is 19.1. The first kappa shape index (κ1) is 17.4. The minimum absolute atomic E-state index is 0.241. The van der Waals surface area contributed by atoms with E-state index in [0.717, 1.165) is 22.5 Å². The van der Waals surface area contributed by atoms with Crippen molar-refractivity contribution in [1.29, 1.82) is 0 Å². The minimum Gasteiger partial charge on any atom is -0.444 e. The van der Waals surface area contributed by atoms with E-state index in [1.807, 2.05) is 32.4 Å². The molecule has 0 bridgehead atoms. The van der Waals surface area contributed by atoms with Gasteiger partial charge in [0.25, 0.3) is 0 Å². The van der Waals surface area contributed by atoms with Gasteiger partial charge in [-0.15, -0.1) is 5.10 Å². The number of carbonyl (C=O) groups excluding carboxylic acids is 1. The number of hydrogen-bond donors (Lipinski definition) is 0. The van der Waals surface area contributed by atoms with Crippen LogP contribution in [0.25, 0.3) is 0 Å². The summed E-state index contributed by atoms with van der Waals surface area (Å²) in [5.41, 5.74) is 3.18. The molecule has 0 aliphatic carbocycles. The molecule has 1 aromatic carbocycles. The second-order valence-corrected chi connectivity index (χ2v) is 7.36. The molecule has 0 saturated carbocycles. The molecule has 0 N–H and O–H groups in total. The molecule has 1 aliphatic heterocycles. The molecule has 0 fully saturated rings. The molecule has 3 rings (SSSR count). The van der Waals surface area contributed by atoms with Gasteiger partial charge in [0.15, 0.2) is 0 Å². The molecule has 1 amide bonds. The number of hydrogen-bond acceptors (Lipinski definition) is 4. The first-order valence-corrected chi connectivity index (χ1v) is 8.37. The fraction of sp³-hybridized carbons (Fsp3) is 0.500. The fourth-order valence-electron chi connectivity index (χ4n) is 2.87. The molecular weight excluding hydrogens is 323 g/mol. The summed E-state index contributed by atoms with van der Waals surface area (Å²) >= 11 is 0. The molecule has 0 radical (unpaired) electrons. The predicted octanol–water partition coefficient (Wildman–Crippen LogP) is 3.07. The highest BCUT2D eigenvalue weighted by Gasteiger charge is 2.28. The molecule has 0 atom stereocenters. The van der Waals surface area contributed by atoms with Gasteiger partial charge in [-0.25, -0.2) is 13.9 Å². The molecule has 2 aromatic rings. The number of carbonyl (C=O) groups is 1. The first-order chi connectivity index (χ1) is 11.7. The van der Waals surface area contributed by atoms with Crippen molar-refractivity contribution in [2.75, 3.05) is 6.54 Å². The van der Waals surface area contributed by atoms with Gasteiger partial charge in [-0.3, -0.25) is 0 Å². The van der Waals surface area contributed by atoms with Gasteiger partial charge < -0.3 is 9.64 Å². The van der Waals surface area contributed by atoms with Crippen LogP contribution < -0.4 is 0 Å². The van der Waals surface area contributed by atoms with Crippen LogP contribution in [-0.4, -0.2) is 38.1 Å². The Bertz CT molecular complexity index is 795. The molecule has 1 aliphatic rings. The van der Waals surface area contributed by atoms with Gasteiger partial charge in [0, 0.05) is 13.0 Å². The summed E-state index contributed by atoms with van der Waals surface area (Å²) in [6.45, 7) is 8.93. The van der Waals surface area contributed by atoms with Gasteiger partial charge in [-0.1, -0.05) is 11.3 Å². The third kappa shape index (κ3) is 3.97. The first-order valence-electron chi connectivity index (χ1n) is 8.37. The second kappa shape index (κ2) is 6.46. The van der Waals surface area contributed by atoms with Crippen molar-refractivity contribution < 1.29 is 13.9 Å². The van der Waals surface area contributed by atoms with Crippen LogP contribution in [0.15, 0.2) is 18.2 Å². The maximum absolute atomic E-state index is 13.3. The predicted molar refractivity (Wildman–Crippen MR) is 90.6 cm³/mol. The van der Waals surface area contributed by atoms with Crippen molar-refractivity contribution in [3.63, 3.8) is 0 Å². The van der Waals surface area contributed by atoms with Gasteiger partial charge in [-0.05, 0) is 51.0 Å². The lowest BCUT2D eigenvalue weighted by Gasteiger charge is -2.29. The molecule has 0 saturated heterocycles. The maximum Gasteiger partial charge on any atom is 0.410 e. The Morgan fingerprint density at radius 3 is 2.80 bits per heavy atom. The van der Waals surface area contributed by atoms with Crippen molar-refractivity contribution in [1.82, 2.24) is 19.9 Å². The summed E-state index contributed by atoms with van der Waals surface area (Å²) in [5.74, 6) is -0.241. The number of nitrogens with zero attached hydrogens (tertiary/aromatic N) is 4. The highest BCUT2D eigenvalue weighted by molar-refractivity contribution is 5.68. The summed E-state index contributed by atoms with van der Waals surface area (Å²) in [6.07, 6.45) is 0.337. The highest BCUT2D eigenvalue weighted by Crippen LogP contribution is 2.21. The second-order valence-electron chi connectivity index (χ2n) is 7.36. The zero-order valence-corrected chi connectivity index (χ0v) is 15.0. The Morgan fingerprint density at radius 1 is 1.36 bits per heavy atom. The molecular formula is C18H23FN4O2. The zero-order valence-electron chi connectivity index (χ0n) is 15.0. The monoisotopic (exact) mass is 346 g/mol. The SMILES string of the molecule is Cc1cc(F)ccc1Cn1nnc2c1CCN(C(=O)OC(C)(C)C)C2. The number of aryl methyl sites for hydroxylation is 1. The van der Waals surface area contributed by atoms with E-state index in [0.29, 0.717) is 26.1 Å². The number of amides is 1. The number of halogens is 1. The molecule has 7 heteroatoms. The Kier molecular flexibility index (Phi) is 4.49. The largest absolute Gasteiger partial charge is 0.444 e. The Morgan fingerprint density at radius 2 is 2.12 bits per heavy atom. The van der Waals surface area contributed by atoms with Crippen LogP contribution in [-0.2, 0) is 24.2 Å². The quantitative estimate of drug-likeness (QED) is 0.838. The molecule has 1 aromatic heterocycles. The number of ether oxygens (including phenoxy) is 1. The normalized spacial score (nSPS) is 14.4. The van der Waals surface area contributed by atoms with Gasteiger partial charge in [0.05, 0.1) is 18.8 Å². The third-order valence-electron chi connectivity index (χ3n) is 4.15. The molecule has 134 valence electrons. The Hall–Kier alpha value is -2.44. The summed E-state index contributed by atoms with van der Waals surface area (Å²) in [4.78, 5) is 13.9. The number of aromatic nitrogens is 3. The van der Waals surface area contributed by atoms with E-state index in [9.17, 15) is 9.18 Å². The Balaban J connectivity index is 1.73. The van der Waals surface area contributed by atoms with E-state index in [-0.39, 0.29) is 11.9 Å². The van der Waals surface area contributed by atoms with Crippen molar-refractivity contribution in [3.05, 3.63) is 46.5 Å². The van der Waals surface area contributed by atoms with Crippen LogP contribution in [0.3, 0.4) is 0 Å². The van der Waals surface area contributed by atoms with Crippen LogP contribution in [0.5, 0.6) is 0 Å². The summed E-state index contributed by atoms with van der Waals surface area (Å²) in [6, 6.07) is 4.74. The lowest BCUT2D eigenvalue weighted by atomic mass is 10.1. The number of rotatable bonds is 2. The minimum atomic E-state index is -0.519. The fourth-order valence-corrected chi connectivity index (χ4v) is 2.87. The van der Waals surface area contributed by atoms with E-state index < -0.39 is 5.60 Å². The van der Waals surface area contributed by atoms with Crippen LogP contribution >= 0.6 is 0 Å². The van der Waals surface area contributed by atoms with Gasteiger partial charge in [0.1, 0.15) is 17.1 Å². The van der Waals surface area contributed by atoms with Gasteiger partial charge in [0.2, 0.25) is 0 Å². The van der Waals surface area contributed by atoms with E-state index in [2.05, 4.69) is 10.3 Å². The molecule has 0 spiro atoms. The molecule has 0 unspecified atom stereocenters. The lowest BCUT2D eigenvalue weighted by Crippen LogP contribution is -2.40. The van der Waals surface area contributed by atoms with Crippen LogP contribution in [0.2, 0.25) is 0 Å². The van der Waals surface area contributed by atoms with Crippen LogP contribution in [0.4, 0.5) is 9.18 Å². The van der Waals surface area contributed by atoms with Crippen molar-refractivity contribution >= 4 is 6.09 Å². The smallest absolute Gasteiger partial charge is 0.410 e. The number of benzene rings is 1. The molecule has 6 nitrogen and oxygen atoms in total. The average molecular weight is 346 g/mol. The summed E-state index contributed by atoms with van der Waals surface area (Å²) in [5, 5.41) is 8.44. The van der Waals surface area contributed by atoms with Crippen LogP contribution in [0.1, 0.15) is 43.3 Å². The lowest BCUT2D eigenvalue weighted by molar-refractivity contribution is 0.0220. The maximum atomic E-state index is 13.3. The van der Waals surface area contributed by atoms with Crippen molar-refractivity contribution in [3.8, 4) is 0 Å². The summed E-state index contributed by atoms with van der Waals surface area (Å²) in [7, 11) is 0. The van der Waals surface area contributed by atoms with Gasteiger partial charge >= 0.3 is 6.09 Å². The third-order valence-corrected chi connectivity index (χ3v) is 4.15. The van der Waals surface area contributed by atoms with E-state index in [4.69, 9.17) is 4.74 Å². The summed E-state index contributed by atoms with van der Waals surface area (Å²) < 4.78 is 20.5. The Labute approximate surface area is 146 Å². The standard InChI is InChI=1S/C18H23FN4O2/c1-12-9-14(19)6-5-13(12)10-23-16-7-8-22(11-15(16)20-21-23)17(24)25-18(2,3)4/h5-6,9H,7-8,10-11H2,1-4H3. The zero-order chi connectivity index (χ0) is 18.2. The topological polar surface area (TPSA) is 60.2 Å². The van der Waals surface area contributed by atoms with E-state index >= 15 is 0 Å². The number of fused-ring (bicyclic) bond motifs is 1. The van der Waals surface area contributed by atoms with E-state index in [1.54, 1.807) is 11.0 Å². The van der Waals surface area contributed by atoms with Gasteiger partial charge in [-0.2, -0.15) is 0 Å². The average Bonchev–Trinajstić information content (AvgIpc) is 2.90.